The Labute approximate surface area is 96.8 Å². The Morgan fingerprint density at radius 3 is 3.00 bits per heavy atom. The number of hydrogen-bond donors (Lipinski definition) is 1. The lowest BCUT2D eigenvalue weighted by molar-refractivity contribution is 0.568. The van der Waals surface area contributed by atoms with Crippen molar-refractivity contribution in [2.45, 2.75) is 25.3 Å². The maximum absolute atomic E-state index is 6.05. The molecule has 0 heterocycles. The highest BCUT2D eigenvalue weighted by atomic mass is 127. The second-order valence-corrected chi connectivity index (χ2v) is 5.06. The van der Waals surface area contributed by atoms with Crippen LogP contribution in [0.15, 0.2) is 12.1 Å². The predicted molar refractivity (Wildman–Crippen MR) is 64.0 cm³/mol. The van der Waals surface area contributed by atoms with Crippen molar-refractivity contribution in [2.24, 2.45) is 5.73 Å². The van der Waals surface area contributed by atoms with Gasteiger partial charge in [-0.2, -0.15) is 0 Å². The maximum atomic E-state index is 6.05. The minimum Gasteiger partial charge on any atom is -0.324 e. The molecular formula is C10H11ClIN. The van der Waals surface area contributed by atoms with Gasteiger partial charge in [0.1, 0.15) is 0 Å². The SMILES string of the molecule is N[C@@H]1CCCc2cc(Cl)cc(I)c21. The van der Waals surface area contributed by atoms with Gasteiger partial charge >= 0.3 is 0 Å². The molecule has 0 saturated carbocycles. The van der Waals surface area contributed by atoms with Crippen molar-refractivity contribution in [3.05, 3.63) is 31.9 Å². The summed E-state index contributed by atoms with van der Waals surface area (Å²) in [5, 5.41) is 0.831. The lowest BCUT2D eigenvalue weighted by atomic mass is 9.88. The molecule has 0 unspecified atom stereocenters. The largest absolute Gasteiger partial charge is 0.324 e. The van der Waals surface area contributed by atoms with Crippen molar-refractivity contribution in [2.75, 3.05) is 0 Å². The van der Waals surface area contributed by atoms with E-state index in [9.17, 15) is 0 Å². The fourth-order valence-electron chi connectivity index (χ4n) is 1.92. The molecule has 0 fully saturated rings. The molecule has 1 atom stereocenters. The molecule has 0 radical (unpaired) electrons. The van der Waals surface area contributed by atoms with E-state index in [1.807, 2.05) is 6.07 Å². The fraction of sp³-hybridized carbons (Fsp3) is 0.400. The summed E-state index contributed by atoms with van der Waals surface area (Å²) in [5.74, 6) is 0. The summed E-state index contributed by atoms with van der Waals surface area (Å²) in [6, 6.07) is 4.26. The normalized spacial score (nSPS) is 21.3. The molecule has 70 valence electrons. The van der Waals surface area contributed by atoms with Crippen LogP contribution in [0.5, 0.6) is 0 Å². The summed E-state index contributed by atoms with van der Waals surface area (Å²) < 4.78 is 1.22. The lowest BCUT2D eigenvalue weighted by Crippen LogP contribution is -2.18. The third-order valence-electron chi connectivity index (χ3n) is 2.51. The van der Waals surface area contributed by atoms with E-state index in [-0.39, 0.29) is 6.04 Å². The minimum absolute atomic E-state index is 0.216. The van der Waals surface area contributed by atoms with E-state index < -0.39 is 0 Å². The van der Waals surface area contributed by atoms with E-state index in [1.54, 1.807) is 0 Å². The van der Waals surface area contributed by atoms with Crippen LogP contribution in [0.3, 0.4) is 0 Å². The monoisotopic (exact) mass is 307 g/mol. The van der Waals surface area contributed by atoms with Gasteiger partial charge in [-0.25, -0.2) is 0 Å². The molecule has 0 bridgehead atoms. The number of benzene rings is 1. The van der Waals surface area contributed by atoms with Gasteiger partial charge in [-0.05, 0) is 65.1 Å². The molecule has 0 spiro atoms. The Kier molecular flexibility index (Phi) is 2.81. The Hall–Kier alpha value is 0.200. The van der Waals surface area contributed by atoms with Gasteiger partial charge in [-0.1, -0.05) is 11.6 Å². The summed E-state index contributed by atoms with van der Waals surface area (Å²) in [4.78, 5) is 0. The number of nitrogens with two attached hydrogens (primary N) is 1. The summed E-state index contributed by atoms with van der Waals surface area (Å²) in [6.07, 6.45) is 3.41. The van der Waals surface area contributed by atoms with Crippen LogP contribution in [0, 0.1) is 3.57 Å². The van der Waals surface area contributed by atoms with Crippen LogP contribution in [0.25, 0.3) is 0 Å². The number of rotatable bonds is 0. The van der Waals surface area contributed by atoms with Crippen LogP contribution in [-0.2, 0) is 6.42 Å². The van der Waals surface area contributed by atoms with Gasteiger partial charge in [0.25, 0.3) is 0 Å². The standard InChI is InChI=1S/C10H11ClIN/c11-7-4-6-2-1-3-9(13)10(6)8(12)5-7/h4-5,9H,1-3,13H2/t9-/m1/s1. The fourth-order valence-corrected chi connectivity index (χ4v) is 3.42. The first kappa shape index (κ1) is 9.74. The first-order chi connectivity index (χ1) is 6.18. The minimum atomic E-state index is 0.216. The van der Waals surface area contributed by atoms with Crippen molar-refractivity contribution in [3.8, 4) is 0 Å². The maximum Gasteiger partial charge on any atom is 0.0419 e. The topological polar surface area (TPSA) is 26.0 Å². The van der Waals surface area contributed by atoms with Crippen molar-refractivity contribution in [1.82, 2.24) is 0 Å². The van der Waals surface area contributed by atoms with E-state index in [0.29, 0.717) is 0 Å². The summed E-state index contributed by atoms with van der Waals surface area (Å²) >= 11 is 8.30. The van der Waals surface area contributed by atoms with Crippen LogP contribution in [0.2, 0.25) is 5.02 Å². The Balaban J connectivity index is 2.56. The Morgan fingerprint density at radius 1 is 1.46 bits per heavy atom. The smallest absolute Gasteiger partial charge is 0.0419 e. The number of hydrogen-bond acceptors (Lipinski definition) is 1. The highest BCUT2D eigenvalue weighted by Crippen LogP contribution is 2.33. The van der Waals surface area contributed by atoms with Gasteiger partial charge < -0.3 is 5.73 Å². The van der Waals surface area contributed by atoms with Crippen LogP contribution in [0.4, 0.5) is 0 Å². The highest BCUT2D eigenvalue weighted by Gasteiger charge is 2.19. The molecule has 1 aromatic carbocycles. The van der Waals surface area contributed by atoms with Gasteiger partial charge in [0.15, 0.2) is 0 Å². The molecule has 1 aromatic rings. The quantitative estimate of drug-likeness (QED) is 0.731. The van der Waals surface area contributed by atoms with E-state index in [1.165, 1.54) is 21.1 Å². The van der Waals surface area contributed by atoms with Crippen LogP contribution < -0.4 is 5.73 Å². The molecule has 0 saturated heterocycles. The number of halogens is 2. The van der Waals surface area contributed by atoms with E-state index >= 15 is 0 Å². The molecule has 2 rings (SSSR count). The van der Waals surface area contributed by atoms with Gasteiger partial charge in [0.2, 0.25) is 0 Å². The van der Waals surface area contributed by atoms with Gasteiger partial charge in [-0.15, -0.1) is 0 Å². The van der Waals surface area contributed by atoms with E-state index in [4.69, 9.17) is 17.3 Å². The molecule has 1 nitrogen and oxygen atoms in total. The zero-order valence-corrected chi connectivity index (χ0v) is 10.1. The zero-order chi connectivity index (χ0) is 9.42. The number of aryl methyl sites for hydroxylation is 1. The van der Waals surface area contributed by atoms with E-state index in [0.717, 1.165) is 17.9 Å². The van der Waals surface area contributed by atoms with E-state index in [2.05, 4.69) is 28.7 Å². The molecule has 2 N–H and O–H groups in total. The predicted octanol–water partition coefficient (Wildman–Crippen LogP) is 3.28. The van der Waals surface area contributed by atoms with Crippen molar-refractivity contribution < 1.29 is 0 Å². The van der Waals surface area contributed by atoms with Crippen LogP contribution >= 0.6 is 34.2 Å². The third kappa shape index (κ3) is 1.85. The first-order valence-electron chi connectivity index (χ1n) is 4.42. The van der Waals surface area contributed by atoms with Crippen molar-refractivity contribution >= 4 is 34.2 Å². The van der Waals surface area contributed by atoms with Crippen LogP contribution in [-0.4, -0.2) is 0 Å². The molecule has 0 aliphatic heterocycles. The van der Waals surface area contributed by atoms with Crippen LogP contribution in [0.1, 0.15) is 30.0 Å². The Bertz CT molecular complexity index is 338. The molecule has 0 aromatic heterocycles. The molecule has 13 heavy (non-hydrogen) atoms. The van der Waals surface area contributed by atoms with Gasteiger partial charge in [0.05, 0.1) is 0 Å². The van der Waals surface area contributed by atoms with Crippen molar-refractivity contribution in [1.29, 1.82) is 0 Å². The molecular weight excluding hydrogens is 296 g/mol. The summed E-state index contributed by atoms with van der Waals surface area (Å²) in [5.41, 5.74) is 8.71. The average Bonchev–Trinajstić information content (AvgIpc) is 2.02. The highest BCUT2D eigenvalue weighted by molar-refractivity contribution is 14.1. The second kappa shape index (κ2) is 3.75. The first-order valence-corrected chi connectivity index (χ1v) is 5.87. The second-order valence-electron chi connectivity index (χ2n) is 3.46. The Morgan fingerprint density at radius 2 is 2.23 bits per heavy atom. The molecule has 0 amide bonds. The third-order valence-corrected chi connectivity index (χ3v) is 3.62. The molecule has 1 aliphatic carbocycles. The summed E-state index contributed by atoms with van der Waals surface area (Å²) in [7, 11) is 0. The molecule has 3 heteroatoms. The van der Waals surface area contributed by atoms with Gasteiger partial charge in [-0.3, -0.25) is 0 Å². The lowest BCUT2D eigenvalue weighted by Gasteiger charge is -2.23. The van der Waals surface area contributed by atoms with Gasteiger partial charge in [0, 0.05) is 14.6 Å². The molecule has 1 aliphatic rings. The van der Waals surface area contributed by atoms with Crippen molar-refractivity contribution in [3.63, 3.8) is 0 Å². The number of fused-ring (bicyclic) bond motifs is 1. The zero-order valence-electron chi connectivity index (χ0n) is 7.19. The average molecular weight is 308 g/mol. The summed E-state index contributed by atoms with van der Waals surface area (Å²) in [6.45, 7) is 0.